The average molecular weight is 383 g/mol. The van der Waals surface area contributed by atoms with Crippen LogP contribution in [0.2, 0.25) is 0 Å². The number of nitrogens with one attached hydrogen (secondary N) is 1. The van der Waals surface area contributed by atoms with Gasteiger partial charge in [0.1, 0.15) is 5.75 Å². The minimum Gasteiger partial charge on any atom is -0.484 e. The molecule has 6 heteroatoms. The molecule has 0 saturated carbocycles. The number of carbonyl (C=O) groups excluding carboxylic acids is 1. The van der Waals surface area contributed by atoms with Gasteiger partial charge >= 0.3 is 0 Å². The van der Waals surface area contributed by atoms with Crippen LogP contribution in [-0.4, -0.2) is 38.8 Å². The van der Waals surface area contributed by atoms with Crippen molar-refractivity contribution in [3.8, 4) is 5.75 Å². The van der Waals surface area contributed by atoms with Gasteiger partial charge in [0.2, 0.25) is 0 Å². The molecule has 0 radical (unpaired) electrons. The van der Waals surface area contributed by atoms with Crippen molar-refractivity contribution < 1.29 is 14.3 Å². The number of morpholine rings is 1. The third kappa shape index (κ3) is 5.16. The van der Waals surface area contributed by atoms with Gasteiger partial charge in [-0.25, -0.2) is 0 Å². The van der Waals surface area contributed by atoms with Gasteiger partial charge in [0.25, 0.3) is 5.91 Å². The number of nitrogen functional groups attached to an aromatic ring is 1. The van der Waals surface area contributed by atoms with Crippen LogP contribution in [0.15, 0.2) is 42.5 Å². The first kappa shape index (κ1) is 20.0. The van der Waals surface area contributed by atoms with Gasteiger partial charge in [-0.15, -0.1) is 0 Å². The lowest BCUT2D eigenvalue weighted by Crippen LogP contribution is -2.37. The molecule has 6 nitrogen and oxygen atoms in total. The number of anilines is 3. The monoisotopic (exact) mass is 383 g/mol. The summed E-state index contributed by atoms with van der Waals surface area (Å²) in [6.07, 6.45) is 0. The highest BCUT2D eigenvalue weighted by molar-refractivity contribution is 5.96. The van der Waals surface area contributed by atoms with Gasteiger partial charge in [0, 0.05) is 18.8 Å². The maximum absolute atomic E-state index is 12.4. The van der Waals surface area contributed by atoms with E-state index in [9.17, 15) is 4.79 Å². The van der Waals surface area contributed by atoms with E-state index in [1.54, 1.807) is 6.07 Å². The standard InChI is InChI=1S/C22H29N3O3/c1-22(2,3)16-4-7-18(8-5-16)28-15-21(26)24-19-14-17(23)6-9-20(19)25-10-12-27-13-11-25/h4-9,14H,10-13,15,23H2,1-3H3,(H,24,26). The molecular weight excluding hydrogens is 354 g/mol. The number of nitrogens with two attached hydrogens (primary N) is 1. The van der Waals surface area contributed by atoms with Crippen LogP contribution >= 0.6 is 0 Å². The summed E-state index contributed by atoms with van der Waals surface area (Å²) in [6, 6.07) is 13.4. The molecule has 28 heavy (non-hydrogen) atoms. The number of carbonyl (C=O) groups is 1. The van der Waals surface area contributed by atoms with E-state index < -0.39 is 0 Å². The zero-order valence-corrected chi connectivity index (χ0v) is 16.8. The number of ether oxygens (including phenoxy) is 2. The van der Waals surface area contributed by atoms with E-state index in [1.807, 2.05) is 36.4 Å². The number of nitrogens with zero attached hydrogens (tertiary/aromatic N) is 1. The molecule has 0 unspecified atom stereocenters. The second-order valence-electron chi connectivity index (χ2n) is 7.99. The number of rotatable bonds is 5. The van der Waals surface area contributed by atoms with Gasteiger partial charge < -0.3 is 25.4 Å². The van der Waals surface area contributed by atoms with Gasteiger partial charge in [0.15, 0.2) is 6.61 Å². The first-order chi connectivity index (χ1) is 13.3. The van der Waals surface area contributed by atoms with Crippen LogP contribution in [-0.2, 0) is 14.9 Å². The minimum absolute atomic E-state index is 0.0633. The Morgan fingerprint density at radius 1 is 1.14 bits per heavy atom. The third-order valence-electron chi connectivity index (χ3n) is 4.74. The average Bonchev–Trinajstić information content (AvgIpc) is 2.67. The third-order valence-corrected chi connectivity index (χ3v) is 4.74. The predicted molar refractivity (Wildman–Crippen MR) is 113 cm³/mol. The van der Waals surface area contributed by atoms with Crippen molar-refractivity contribution in [2.45, 2.75) is 26.2 Å². The lowest BCUT2D eigenvalue weighted by molar-refractivity contribution is -0.118. The number of hydrogen-bond donors (Lipinski definition) is 2. The fraction of sp³-hybridized carbons (Fsp3) is 0.409. The Hall–Kier alpha value is -2.73. The Morgan fingerprint density at radius 3 is 2.46 bits per heavy atom. The Kier molecular flexibility index (Phi) is 6.09. The highest BCUT2D eigenvalue weighted by Gasteiger charge is 2.17. The number of hydrogen-bond acceptors (Lipinski definition) is 5. The second kappa shape index (κ2) is 8.52. The summed E-state index contributed by atoms with van der Waals surface area (Å²) < 4.78 is 11.1. The van der Waals surface area contributed by atoms with Crippen LogP contribution in [0.1, 0.15) is 26.3 Å². The Balaban J connectivity index is 1.62. The van der Waals surface area contributed by atoms with Crippen molar-refractivity contribution in [1.29, 1.82) is 0 Å². The highest BCUT2D eigenvalue weighted by atomic mass is 16.5. The van der Waals surface area contributed by atoms with E-state index in [1.165, 1.54) is 5.56 Å². The zero-order valence-electron chi connectivity index (χ0n) is 16.8. The molecule has 0 aromatic heterocycles. The van der Waals surface area contributed by atoms with Crippen LogP contribution < -0.4 is 20.7 Å². The van der Waals surface area contributed by atoms with Gasteiger partial charge in [-0.3, -0.25) is 4.79 Å². The molecule has 1 aliphatic heterocycles. The lowest BCUT2D eigenvalue weighted by atomic mass is 9.87. The Bertz CT molecular complexity index is 807. The molecule has 3 N–H and O–H groups in total. The predicted octanol–water partition coefficient (Wildman–Crippen LogP) is 3.42. The summed E-state index contributed by atoms with van der Waals surface area (Å²) in [5.41, 5.74) is 9.47. The molecule has 1 fully saturated rings. The molecule has 0 bridgehead atoms. The van der Waals surface area contributed by atoms with Crippen LogP contribution in [0.25, 0.3) is 0 Å². The first-order valence-electron chi connectivity index (χ1n) is 9.58. The molecule has 2 aromatic rings. The van der Waals surface area contributed by atoms with Gasteiger partial charge in [-0.2, -0.15) is 0 Å². The number of amides is 1. The molecule has 1 amide bonds. The van der Waals surface area contributed by atoms with E-state index >= 15 is 0 Å². The van der Waals surface area contributed by atoms with Crippen LogP contribution in [0.3, 0.4) is 0 Å². The Labute approximate surface area is 166 Å². The first-order valence-corrected chi connectivity index (χ1v) is 9.58. The van der Waals surface area contributed by atoms with Crippen molar-refractivity contribution in [3.63, 3.8) is 0 Å². The molecular formula is C22H29N3O3. The summed E-state index contributed by atoms with van der Waals surface area (Å²) in [4.78, 5) is 14.6. The lowest BCUT2D eigenvalue weighted by Gasteiger charge is -2.30. The SMILES string of the molecule is CC(C)(C)c1ccc(OCC(=O)Nc2cc(N)ccc2N2CCOCC2)cc1. The smallest absolute Gasteiger partial charge is 0.262 e. The quantitative estimate of drug-likeness (QED) is 0.774. The maximum atomic E-state index is 12.4. The topological polar surface area (TPSA) is 76.8 Å². The molecule has 0 aliphatic carbocycles. The molecule has 0 spiro atoms. The summed E-state index contributed by atoms with van der Waals surface area (Å²) in [7, 11) is 0. The van der Waals surface area contributed by atoms with Crippen LogP contribution in [0.5, 0.6) is 5.75 Å². The normalized spacial score (nSPS) is 14.6. The van der Waals surface area contributed by atoms with E-state index in [-0.39, 0.29) is 17.9 Å². The van der Waals surface area contributed by atoms with Crippen molar-refractivity contribution >= 4 is 23.0 Å². The van der Waals surface area contributed by atoms with Crippen LogP contribution in [0, 0.1) is 0 Å². The molecule has 0 atom stereocenters. The molecule has 150 valence electrons. The van der Waals surface area contributed by atoms with Crippen molar-refractivity contribution in [2.24, 2.45) is 0 Å². The summed E-state index contributed by atoms with van der Waals surface area (Å²) >= 11 is 0. The highest BCUT2D eigenvalue weighted by Crippen LogP contribution is 2.29. The van der Waals surface area contributed by atoms with Crippen molar-refractivity contribution in [1.82, 2.24) is 0 Å². The summed E-state index contributed by atoms with van der Waals surface area (Å²) in [5.74, 6) is 0.448. The molecule has 3 rings (SSSR count). The fourth-order valence-corrected chi connectivity index (χ4v) is 3.12. The minimum atomic E-state index is -0.222. The zero-order chi connectivity index (χ0) is 20.1. The molecule has 1 saturated heterocycles. The van der Waals surface area contributed by atoms with Gasteiger partial charge in [-0.1, -0.05) is 32.9 Å². The van der Waals surface area contributed by atoms with E-state index in [4.69, 9.17) is 15.2 Å². The van der Waals surface area contributed by atoms with Crippen molar-refractivity contribution in [2.75, 3.05) is 48.9 Å². The molecule has 1 heterocycles. The van der Waals surface area contributed by atoms with Crippen molar-refractivity contribution in [3.05, 3.63) is 48.0 Å². The largest absolute Gasteiger partial charge is 0.484 e. The van der Waals surface area contributed by atoms with Crippen LogP contribution in [0.4, 0.5) is 17.1 Å². The molecule has 2 aromatic carbocycles. The van der Waals surface area contributed by atoms with E-state index in [2.05, 4.69) is 31.0 Å². The molecule has 1 aliphatic rings. The van der Waals surface area contributed by atoms with Gasteiger partial charge in [0.05, 0.1) is 24.6 Å². The van der Waals surface area contributed by atoms with Gasteiger partial charge in [-0.05, 0) is 41.3 Å². The summed E-state index contributed by atoms with van der Waals surface area (Å²) in [6.45, 7) is 9.33. The second-order valence-corrected chi connectivity index (χ2v) is 7.99. The maximum Gasteiger partial charge on any atom is 0.262 e. The summed E-state index contributed by atoms with van der Waals surface area (Å²) in [5, 5.41) is 2.93. The fourth-order valence-electron chi connectivity index (χ4n) is 3.12. The van der Waals surface area contributed by atoms with E-state index in [0.29, 0.717) is 30.3 Å². The number of benzene rings is 2. The Morgan fingerprint density at radius 2 is 1.82 bits per heavy atom. The van der Waals surface area contributed by atoms with E-state index in [0.717, 1.165) is 18.8 Å².